The van der Waals surface area contributed by atoms with Gasteiger partial charge < -0.3 is 25.5 Å². The van der Waals surface area contributed by atoms with Gasteiger partial charge in [-0.15, -0.1) is 0 Å². The summed E-state index contributed by atoms with van der Waals surface area (Å²) in [6.07, 6.45) is -3.62. The summed E-state index contributed by atoms with van der Waals surface area (Å²) < 4.78 is 0. The van der Waals surface area contributed by atoms with Crippen molar-refractivity contribution in [2.75, 3.05) is 6.61 Å². The second-order valence-electron chi connectivity index (χ2n) is 4.12. The van der Waals surface area contributed by atoms with Crippen molar-refractivity contribution in [2.24, 2.45) is 5.92 Å². The van der Waals surface area contributed by atoms with Crippen LogP contribution in [-0.4, -0.2) is 62.2 Å². The molecule has 6 nitrogen and oxygen atoms in total. The van der Waals surface area contributed by atoms with Gasteiger partial charge in [0, 0.05) is 12.0 Å². The van der Waals surface area contributed by atoms with Gasteiger partial charge in [0.15, 0.2) is 0 Å². The molecule has 2 heterocycles. The van der Waals surface area contributed by atoms with Crippen molar-refractivity contribution in [1.82, 2.24) is 5.32 Å². The first-order chi connectivity index (χ1) is 6.50. The average molecular weight is 205 g/mol. The Labute approximate surface area is 80.8 Å². The molecule has 0 spiro atoms. The van der Waals surface area contributed by atoms with E-state index in [1.807, 2.05) is 0 Å². The third-order valence-electron chi connectivity index (χ3n) is 3.33. The zero-order valence-corrected chi connectivity index (χ0v) is 7.54. The molecule has 0 amide bonds. The molecule has 6 N–H and O–H groups in total. The van der Waals surface area contributed by atoms with Crippen LogP contribution in [0.1, 0.15) is 6.42 Å². The molecule has 0 aromatic rings. The second-order valence-corrected chi connectivity index (χ2v) is 4.12. The van der Waals surface area contributed by atoms with Crippen molar-refractivity contribution < 1.29 is 25.5 Å². The van der Waals surface area contributed by atoms with Crippen molar-refractivity contribution in [1.29, 1.82) is 0 Å². The molecule has 2 aliphatic rings. The number of piperidine rings is 1. The molecule has 14 heavy (non-hydrogen) atoms. The Morgan fingerprint density at radius 2 is 1.86 bits per heavy atom. The number of fused-ring (bicyclic) bond motifs is 2. The lowest BCUT2D eigenvalue weighted by Crippen LogP contribution is -2.69. The standard InChI is InChI=1S/C8H15NO5/c10-2-3-1-4-5(11)6(12)7(13)8(3,14)9-4/h3-7,9-14H,1-2H2. The van der Waals surface area contributed by atoms with Crippen LogP contribution in [0.2, 0.25) is 0 Å². The lowest BCUT2D eigenvalue weighted by Gasteiger charge is -2.42. The molecule has 0 aromatic heterocycles. The summed E-state index contributed by atoms with van der Waals surface area (Å²) in [5.74, 6) is -0.561. The van der Waals surface area contributed by atoms with E-state index < -0.39 is 36.0 Å². The maximum atomic E-state index is 9.95. The Kier molecular flexibility index (Phi) is 2.30. The van der Waals surface area contributed by atoms with Gasteiger partial charge in [-0.1, -0.05) is 0 Å². The summed E-state index contributed by atoms with van der Waals surface area (Å²) in [5.41, 5.74) is -1.68. The highest BCUT2D eigenvalue weighted by Crippen LogP contribution is 2.38. The number of aliphatic hydroxyl groups is 5. The first-order valence-electron chi connectivity index (χ1n) is 4.66. The van der Waals surface area contributed by atoms with Gasteiger partial charge >= 0.3 is 0 Å². The SMILES string of the molecule is OCC1CC2NC1(O)C(O)C(O)C2O. The third-order valence-corrected chi connectivity index (χ3v) is 3.33. The van der Waals surface area contributed by atoms with Crippen LogP contribution in [0.5, 0.6) is 0 Å². The topological polar surface area (TPSA) is 113 Å². The minimum Gasteiger partial charge on any atom is -0.396 e. The molecule has 2 aliphatic heterocycles. The minimum absolute atomic E-state index is 0.295. The lowest BCUT2D eigenvalue weighted by molar-refractivity contribution is -0.202. The van der Waals surface area contributed by atoms with Crippen LogP contribution in [0.3, 0.4) is 0 Å². The predicted molar refractivity (Wildman–Crippen MR) is 45.1 cm³/mol. The Balaban J connectivity index is 2.29. The molecular formula is C8H15NO5. The van der Waals surface area contributed by atoms with Gasteiger partial charge in [0.2, 0.25) is 0 Å². The number of hydrogen-bond donors (Lipinski definition) is 6. The van der Waals surface area contributed by atoms with Crippen LogP contribution < -0.4 is 5.32 Å². The Morgan fingerprint density at radius 1 is 1.21 bits per heavy atom. The highest BCUT2D eigenvalue weighted by molar-refractivity contribution is 5.11. The van der Waals surface area contributed by atoms with Gasteiger partial charge in [-0.25, -0.2) is 0 Å². The van der Waals surface area contributed by atoms with Gasteiger partial charge in [-0.3, -0.25) is 5.32 Å². The van der Waals surface area contributed by atoms with E-state index in [-0.39, 0.29) is 6.61 Å². The first kappa shape index (κ1) is 10.3. The molecule has 6 unspecified atom stereocenters. The Bertz CT molecular complexity index is 238. The van der Waals surface area contributed by atoms with Crippen LogP contribution >= 0.6 is 0 Å². The molecule has 6 atom stereocenters. The maximum absolute atomic E-state index is 9.95. The Hall–Kier alpha value is -0.240. The number of aliphatic hydroxyl groups excluding tert-OH is 4. The summed E-state index contributed by atoms with van der Waals surface area (Å²) in [4.78, 5) is 0. The average Bonchev–Trinajstić information content (AvgIpc) is 2.49. The Morgan fingerprint density at radius 3 is 2.43 bits per heavy atom. The fourth-order valence-corrected chi connectivity index (χ4v) is 2.41. The lowest BCUT2D eigenvalue weighted by atomic mass is 9.90. The summed E-state index contributed by atoms with van der Waals surface area (Å²) in [7, 11) is 0. The first-order valence-corrected chi connectivity index (χ1v) is 4.66. The molecule has 0 radical (unpaired) electrons. The van der Waals surface area contributed by atoms with E-state index >= 15 is 0 Å². The van der Waals surface area contributed by atoms with Crippen LogP contribution in [0.25, 0.3) is 0 Å². The molecule has 0 aromatic carbocycles. The fraction of sp³-hybridized carbons (Fsp3) is 1.00. The van der Waals surface area contributed by atoms with Gasteiger partial charge in [-0.05, 0) is 6.42 Å². The van der Waals surface area contributed by atoms with Crippen LogP contribution in [0.4, 0.5) is 0 Å². The minimum atomic E-state index is -1.68. The van der Waals surface area contributed by atoms with E-state index in [0.29, 0.717) is 6.42 Å². The molecule has 2 rings (SSSR count). The monoisotopic (exact) mass is 205 g/mol. The molecule has 2 saturated heterocycles. The quantitative estimate of drug-likeness (QED) is 0.268. The third kappa shape index (κ3) is 1.13. The molecule has 6 heteroatoms. The van der Waals surface area contributed by atoms with Crippen molar-refractivity contribution in [3.63, 3.8) is 0 Å². The van der Waals surface area contributed by atoms with E-state index in [9.17, 15) is 20.4 Å². The fourth-order valence-electron chi connectivity index (χ4n) is 2.41. The van der Waals surface area contributed by atoms with Crippen LogP contribution in [-0.2, 0) is 0 Å². The van der Waals surface area contributed by atoms with E-state index in [0.717, 1.165) is 0 Å². The van der Waals surface area contributed by atoms with Gasteiger partial charge in [0.05, 0.1) is 12.7 Å². The number of hydrogen-bond acceptors (Lipinski definition) is 6. The van der Waals surface area contributed by atoms with Crippen molar-refractivity contribution in [3.05, 3.63) is 0 Å². The van der Waals surface area contributed by atoms with Gasteiger partial charge in [-0.2, -0.15) is 0 Å². The molecule has 0 saturated carbocycles. The van der Waals surface area contributed by atoms with E-state index in [2.05, 4.69) is 5.32 Å². The summed E-state index contributed by atoms with van der Waals surface area (Å²) in [6, 6.07) is -0.476. The molecule has 2 fully saturated rings. The van der Waals surface area contributed by atoms with Crippen molar-refractivity contribution in [3.8, 4) is 0 Å². The zero-order valence-electron chi connectivity index (χ0n) is 7.54. The van der Waals surface area contributed by atoms with Crippen LogP contribution in [0.15, 0.2) is 0 Å². The molecule has 2 bridgehead atoms. The second kappa shape index (κ2) is 3.13. The van der Waals surface area contributed by atoms with E-state index in [4.69, 9.17) is 5.11 Å². The van der Waals surface area contributed by atoms with Gasteiger partial charge in [0.25, 0.3) is 0 Å². The maximum Gasteiger partial charge on any atom is 0.150 e. The highest BCUT2D eigenvalue weighted by atomic mass is 16.4. The predicted octanol–water partition coefficient (Wildman–Crippen LogP) is -3.26. The zero-order chi connectivity index (χ0) is 10.5. The number of nitrogens with one attached hydrogen (secondary N) is 1. The normalized spacial score (nSPS) is 57.6. The molecule has 0 aliphatic carbocycles. The van der Waals surface area contributed by atoms with Gasteiger partial charge in [0.1, 0.15) is 17.9 Å². The molecule has 82 valence electrons. The smallest absolute Gasteiger partial charge is 0.150 e. The summed E-state index contributed by atoms with van der Waals surface area (Å²) in [5, 5.41) is 50.1. The van der Waals surface area contributed by atoms with Crippen molar-refractivity contribution >= 4 is 0 Å². The molecular weight excluding hydrogens is 190 g/mol. The van der Waals surface area contributed by atoms with Crippen LogP contribution in [0, 0.1) is 5.92 Å². The van der Waals surface area contributed by atoms with E-state index in [1.54, 1.807) is 0 Å². The largest absolute Gasteiger partial charge is 0.396 e. The number of rotatable bonds is 1. The highest BCUT2D eigenvalue weighted by Gasteiger charge is 2.60. The van der Waals surface area contributed by atoms with E-state index in [1.165, 1.54) is 0 Å². The summed E-state index contributed by atoms with van der Waals surface area (Å²) >= 11 is 0. The van der Waals surface area contributed by atoms with Crippen molar-refractivity contribution in [2.45, 2.75) is 36.5 Å². The summed E-state index contributed by atoms with van der Waals surface area (Å²) in [6.45, 7) is -0.295.